The zero-order valence-corrected chi connectivity index (χ0v) is 10.4. The lowest BCUT2D eigenvalue weighted by atomic mass is 10.0. The molecular weight excluding hydrogens is 250 g/mol. The van der Waals surface area contributed by atoms with Crippen LogP contribution in [0.5, 0.6) is 0 Å². The molecule has 8 heteroatoms. The van der Waals surface area contributed by atoms with Crippen molar-refractivity contribution in [1.29, 1.82) is 0 Å². The molecule has 0 aliphatic carbocycles. The molecule has 2 N–H and O–H groups in total. The molecular formula is C11H13N5O3. The number of carboxylic acids is 1. The minimum absolute atomic E-state index is 0.272. The van der Waals surface area contributed by atoms with Crippen LogP contribution in [0.15, 0.2) is 23.0 Å². The van der Waals surface area contributed by atoms with Crippen molar-refractivity contribution < 1.29 is 9.90 Å². The fraction of sp³-hybridized carbons (Fsp3) is 0.364. The van der Waals surface area contributed by atoms with Crippen LogP contribution in [0.25, 0.3) is 11.5 Å². The van der Waals surface area contributed by atoms with E-state index in [1.807, 2.05) is 0 Å². The number of aliphatic carboxylic acids is 1. The SMILES string of the molecule is CC(C(=O)O)C(C)n1nnnc1-c1cccc(=O)[nH]1. The number of hydrogen-bond acceptors (Lipinski definition) is 5. The van der Waals surface area contributed by atoms with Gasteiger partial charge in [0, 0.05) is 6.07 Å². The van der Waals surface area contributed by atoms with Crippen molar-refractivity contribution in [3.8, 4) is 11.5 Å². The van der Waals surface area contributed by atoms with E-state index in [1.165, 1.54) is 10.7 Å². The Balaban J connectivity index is 2.43. The smallest absolute Gasteiger partial charge is 0.308 e. The number of carboxylic acid groups (broad SMARTS) is 1. The molecule has 0 aliphatic heterocycles. The summed E-state index contributed by atoms with van der Waals surface area (Å²) < 4.78 is 1.39. The van der Waals surface area contributed by atoms with E-state index in [9.17, 15) is 9.59 Å². The third-order valence-electron chi connectivity index (χ3n) is 3.00. The van der Waals surface area contributed by atoms with E-state index in [0.717, 1.165) is 0 Å². The Morgan fingerprint density at radius 1 is 1.42 bits per heavy atom. The zero-order valence-electron chi connectivity index (χ0n) is 10.4. The summed E-state index contributed by atoms with van der Waals surface area (Å²) in [4.78, 5) is 24.9. The average Bonchev–Trinajstić information content (AvgIpc) is 2.86. The molecule has 0 amide bonds. The highest BCUT2D eigenvalue weighted by atomic mass is 16.4. The molecule has 0 radical (unpaired) electrons. The fourth-order valence-corrected chi connectivity index (χ4v) is 1.64. The zero-order chi connectivity index (χ0) is 14.0. The number of hydrogen-bond donors (Lipinski definition) is 2. The molecule has 0 bridgehead atoms. The molecule has 2 aromatic heterocycles. The van der Waals surface area contributed by atoms with E-state index in [2.05, 4.69) is 20.5 Å². The average molecular weight is 263 g/mol. The molecule has 2 aromatic rings. The van der Waals surface area contributed by atoms with Crippen molar-refractivity contribution in [1.82, 2.24) is 25.2 Å². The first kappa shape index (κ1) is 12.9. The molecule has 0 spiro atoms. The van der Waals surface area contributed by atoms with Gasteiger partial charge in [0.25, 0.3) is 0 Å². The van der Waals surface area contributed by atoms with Crippen molar-refractivity contribution >= 4 is 5.97 Å². The number of nitrogens with one attached hydrogen (secondary N) is 1. The predicted octanol–water partition coefficient (Wildman–Crippen LogP) is 0.310. The van der Waals surface area contributed by atoms with E-state index in [0.29, 0.717) is 11.5 Å². The van der Waals surface area contributed by atoms with Crippen LogP contribution in [0.3, 0.4) is 0 Å². The van der Waals surface area contributed by atoms with Gasteiger partial charge >= 0.3 is 5.97 Å². The van der Waals surface area contributed by atoms with Gasteiger partial charge in [-0.2, -0.15) is 0 Å². The monoisotopic (exact) mass is 263 g/mol. The van der Waals surface area contributed by atoms with Crippen LogP contribution in [0.2, 0.25) is 0 Å². The third-order valence-corrected chi connectivity index (χ3v) is 3.00. The second-order valence-electron chi connectivity index (χ2n) is 4.24. The van der Waals surface area contributed by atoms with Crippen LogP contribution in [-0.4, -0.2) is 36.3 Å². The molecule has 8 nitrogen and oxygen atoms in total. The summed E-state index contributed by atoms with van der Waals surface area (Å²) in [6.07, 6.45) is 0. The second kappa shape index (κ2) is 5.01. The van der Waals surface area contributed by atoms with Gasteiger partial charge in [0.15, 0.2) is 5.82 Å². The van der Waals surface area contributed by atoms with Crippen molar-refractivity contribution in [3.05, 3.63) is 28.6 Å². The molecule has 0 fully saturated rings. The maximum atomic E-state index is 11.3. The lowest BCUT2D eigenvalue weighted by Crippen LogP contribution is -2.23. The Labute approximate surface area is 108 Å². The highest BCUT2D eigenvalue weighted by Crippen LogP contribution is 2.21. The molecule has 19 heavy (non-hydrogen) atoms. The van der Waals surface area contributed by atoms with Crippen LogP contribution < -0.4 is 5.56 Å². The number of tetrazole rings is 1. The van der Waals surface area contributed by atoms with Crippen LogP contribution in [0, 0.1) is 5.92 Å². The molecule has 0 saturated carbocycles. The van der Waals surface area contributed by atoms with E-state index in [1.54, 1.807) is 26.0 Å². The van der Waals surface area contributed by atoms with Gasteiger partial charge < -0.3 is 10.1 Å². The molecule has 2 rings (SSSR count). The Kier molecular flexibility index (Phi) is 3.41. The minimum atomic E-state index is -0.935. The van der Waals surface area contributed by atoms with E-state index in [4.69, 9.17) is 5.11 Å². The van der Waals surface area contributed by atoms with Crippen LogP contribution in [-0.2, 0) is 4.79 Å². The van der Waals surface area contributed by atoms with Gasteiger partial charge in [0.2, 0.25) is 5.56 Å². The van der Waals surface area contributed by atoms with E-state index in [-0.39, 0.29) is 5.56 Å². The summed E-state index contributed by atoms with van der Waals surface area (Å²) in [6, 6.07) is 4.17. The number of H-pyrrole nitrogens is 1. The second-order valence-corrected chi connectivity index (χ2v) is 4.24. The van der Waals surface area contributed by atoms with Gasteiger partial charge in [0.05, 0.1) is 17.7 Å². The van der Waals surface area contributed by atoms with Gasteiger partial charge in [-0.3, -0.25) is 9.59 Å². The Bertz CT molecular complexity index is 648. The summed E-state index contributed by atoms with van der Waals surface area (Å²) >= 11 is 0. The Hall–Kier alpha value is -2.51. The number of aromatic amines is 1. The fourth-order valence-electron chi connectivity index (χ4n) is 1.64. The lowest BCUT2D eigenvalue weighted by molar-refractivity contribution is -0.142. The maximum Gasteiger partial charge on any atom is 0.308 e. The van der Waals surface area contributed by atoms with E-state index >= 15 is 0 Å². The van der Waals surface area contributed by atoms with Crippen molar-refractivity contribution in [2.24, 2.45) is 5.92 Å². The van der Waals surface area contributed by atoms with Gasteiger partial charge in [0.1, 0.15) is 0 Å². The highest BCUT2D eigenvalue weighted by Gasteiger charge is 2.25. The summed E-state index contributed by atoms with van der Waals surface area (Å²) in [5.74, 6) is -1.26. The van der Waals surface area contributed by atoms with E-state index < -0.39 is 17.9 Å². The molecule has 0 saturated heterocycles. The van der Waals surface area contributed by atoms with Crippen molar-refractivity contribution in [2.75, 3.05) is 0 Å². The first-order chi connectivity index (χ1) is 9.00. The Morgan fingerprint density at radius 2 is 2.16 bits per heavy atom. The number of pyridine rings is 1. The predicted molar refractivity (Wildman–Crippen MR) is 65.4 cm³/mol. The minimum Gasteiger partial charge on any atom is -0.481 e. The quantitative estimate of drug-likeness (QED) is 0.820. The molecule has 2 heterocycles. The van der Waals surface area contributed by atoms with Crippen LogP contribution in [0.4, 0.5) is 0 Å². The number of aromatic nitrogens is 5. The molecule has 2 atom stereocenters. The first-order valence-electron chi connectivity index (χ1n) is 5.71. The summed E-state index contributed by atoms with van der Waals surface area (Å²) in [5, 5.41) is 20.2. The highest BCUT2D eigenvalue weighted by molar-refractivity contribution is 5.70. The molecule has 0 aromatic carbocycles. The topological polar surface area (TPSA) is 114 Å². The van der Waals surface area contributed by atoms with Crippen LogP contribution in [0.1, 0.15) is 19.9 Å². The molecule has 2 unspecified atom stereocenters. The van der Waals surface area contributed by atoms with Gasteiger partial charge in [-0.1, -0.05) is 6.07 Å². The summed E-state index contributed by atoms with van der Waals surface area (Å²) in [6.45, 7) is 3.28. The Morgan fingerprint density at radius 3 is 2.79 bits per heavy atom. The molecule has 100 valence electrons. The number of nitrogens with zero attached hydrogens (tertiary/aromatic N) is 4. The third kappa shape index (κ3) is 2.51. The van der Waals surface area contributed by atoms with Crippen molar-refractivity contribution in [3.63, 3.8) is 0 Å². The van der Waals surface area contributed by atoms with Gasteiger partial charge in [-0.25, -0.2) is 4.68 Å². The number of carbonyl (C=O) groups is 1. The van der Waals surface area contributed by atoms with Gasteiger partial charge in [-0.05, 0) is 30.3 Å². The number of rotatable bonds is 4. The molecule has 0 aliphatic rings. The summed E-state index contributed by atoms with van der Waals surface area (Å²) in [5.41, 5.74) is 0.174. The van der Waals surface area contributed by atoms with Gasteiger partial charge in [-0.15, -0.1) is 5.10 Å². The normalized spacial score (nSPS) is 14.0. The largest absolute Gasteiger partial charge is 0.481 e. The first-order valence-corrected chi connectivity index (χ1v) is 5.71. The van der Waals surface area contributed by atoms with Crippen molar-refractivity contribution in [2.45, 2.75) is 19.9 Å². The standard InChI is InChI=1S/C11H13N5O3/c1-6(11(18)19)7(2)16-10(13-14-15-16)8-4-3-5-9(17)12-8/h3-7H,1-2H3,(H,12,17)(H,18,19). The summed E-state index contributed by atoms with van der Waals surface area (Å²) in [7, 11) is 0. The maximum absolute atomic E-state index is 11.3. The lowest BCUT2D eigenvalue weighted by Gasteiger charge is -2.17. The van der Waals surface area contributed by atoms with Crippen LogP contribution >= 0.6 is 0 Å².